The molecule has 1 heterocycles. The molecule has 0 saturated heterocycles. The molecule has 106 valence electrons. The van der Waals surface area contributed by atoms with Crippen molar-refractivity contribution < 1.29 is 0 Å². The molecular weight excluding hydrogens is 334 g/mol. The van der Waals surface area contributed by atoms with Gasteiger partial charge >= 0.3 is 0 Å². The molecular formula is C15H18BrN3S. The third kappa shape index (κ3) is 3.73. The predicted molar refractivity (Wildman–Crippen MR) is 88.6 cm³/mol. The third-order valence-electron chi connectivity index (χ3n) is 2.84. The number of aryl methyl sites for hydroxylation is 2. The molecule has 3 nitrogen and oxygen atoms in total. The summed E-state index contributed by atoms with van der Waals surface area (Å²) in [6, 6.07) is 6.46. The molecule has 0 fully saturated rings. The van der Waals surface area contributed by atoms with Gasteiger partial charge in [0.1, 0.15) is 17.2 Å². The number of anilines is 1. The van der Waals surface area contributed by atoms with Gasteiger partial charge in [-0.25, -0.2) is 9.97 Å². The van der Waals surface area contributed by atoms with Crippen molar-refractivity contribution in [2.75, 3.05) is 11.9 Å². The van der Waals surface area contributed by atoms with Crippen LogP contribution in [0, 0.1) is 13.8 Å². The van der Waals surface area contributed by atoms with Crippen molar-refractivity contribution in [1.29, 1.82) is 0 Å². The Labute approximate surface area is 132 Å². The van der Waals surface area contributed by atoms with E-state index in [0.29, 0.717) is 0 Å². The normalized spacial score (nSPS) is 10.6. The zero-order valence-corrected chi connectivity index (χ0v) is 14.3. The molecule has 0 amide bonds. The summed E-state index contributed by atoms with van der Waals surface area (Å²) in [5, 5.41) is 4.24. The van der Waals surface area contributed by atoms with Crippen molar-refractivity contribution in [3.05, 3.63) is 40.1 Å². The summed E-state index contributed by atoms with van der Waals surface area (Å²) >= 11 is 5.26. The molecule has 20 heavy (non-hydrogen) atoms. The lowest BCUT2D eigenvalue weighted by molar-refractivity contribution is 0.945. The zero-order chi connectivity index (χ0) is 14.5. The van der Waals surface area contributed by atoms with Gasteiger partial charge in [0.15, 0.2) is 0 Å². The zero-order valence-electron chi connectivity index (χ0n) is 11.9. The van der Waals surface area contributed by atoms with Crippen molar-refractivity contribution in [2.45, 2.75) is 37.1 Å². The number of halogens is 1. The van der Waals surface area contributed by atoms with Gasteiger partial charge in [0.2, 0.25) is 0 Å². The Morgan fingerprint density at radius 1 is 1.25 bits per heavy atom. The Bertz CT molecular complexity index is 602. The molecule has 0 spiro atoms. The fourth-order valence-electron chi connectivity index (χ4n) is 1.81. The summed E-state index contributed by atoms with van der Waals surface area (Å²) in [5.41, 5.74) is 2.54. The first-order valence-electron chi connectivity index (χ1n) is 6.61. The Balaban J connectivity index is 2.24. The fraction of sp³-hybridized carbons (Fsp3) is 0.333. The third-order valence-corrected chi connectivity index (χ3v) is 5.03. The Kier molecular flexibility index (Phi) is 5.43. The van der Waals surface area contributed by atoms with E-state index in [2.05, 4.69) is 70.2 Å². The summed E-state index contributed by atoms with van der Waals surface area (Å²) in [5.74, 6) is 0.856. The number of nitrogens with zero attached hydrogens (tertiary/aromatic N) is 2. The summed E-state index contributed by atoms with van der Waals surface area (Å²) < 4.78 is 0.929. The average Bonchev–Trinajstić information content (AvgIpc) is 2.42. The summed E-state index contributed by atoms with van der Waals surface area (Å²) in [4.78, 5) is 9.86. The largest absolute Gasteiger partial charge is 0.369 e. The van der Waals surface area contributed by atoms with Gasteiger partial charge in [0, 0.05) is 11.4 Å². The van der Waals surface area contributed by atoms with Crippen LogP contribution in [-0.2, 0) is 0 Å². The Morgan fingerprint density at radius 3 is 2.75 bits per heavy atom. The first-order chi connectivity index (χ1) is 9.61. The minimum absolute atomic E-state index is 0.856. The Hall–Kier alpha value is -1.07. The van der Waals surface area contributed by atoms with Crippen LogP contribution in [0.3, 0.4) is 0 Å². The highest BCUT2D eigenvalue weighted by atomic mass is 79.9. The molecule has 0 atom stereocenters. The summed E-state index contributed by atoms with van der Waals surface area (Å²) in [6.45, 7) is 7.27. The molecule has 5 heteroatoms. The number of rotatable bonds is 5. The van der Waals surface area contributed by atoms with E-state index < -0.39 is 0 Å². The minimum atomic E-state index is 0.856. The van der Waals surface area contributed by atoms with Gasteiger partial charge < -0.3 is 5.32 Å². The van der Waals surface area contributed by atoms with E-state index in [1.807, 2.05) is 0 Å². The lowest BCUT2D eigenvalue weighted by Gasteiger charge is -2.10. The molecule has 0 aliphatic rings. The first-order valence-corrected chi connectivity index (χ1v) is 8.22. The van der Waals surface area contributed by atoms with Gasteiger partial charge in [-0.2, -0.15) is 0 Å². The molecule has 1 aromatic heterocycles. The van der Waals surface area contributed by atoms with E-state index in [9.17, 15) is 0 Å². The topological polar surface area (TPSA) is 37.8 Å². The van der Waals surface area contributed by atoms with Crippen LogP contribution in [0.5, 0.6) is 0 Å². The summed E-state index contributed by atoms with van der Waals surface area (Å²) in [6.07, 6.45) is 2.67. The lowest BCUT2D eigenvalue weighted by Crippen LogP contribution is -2.03. The van der Waals surface area contributed by atoms with Crippen LogP contribution >= 0.6 is 27.7 Å². The first kappa shape index (κ1) is 15.3. The number of aromatic nitrogens is 2. The number of benzene rings is 1. The van der Waals surface area contributed by atoms with Crippen molar-refractivity contribution in [3.8, 4) is 0 Å². The van der Waals surface area contributed by atoms with Crippen molar-refractivity contribution in [2.24, 2.45) is 0 Å². The van der Waals surface area contributed by atoms with Crippen LogP contribution in [0.25, 0.3) is 0 Å². The highest BCUT2D eigenvalue weighted by Gasteiger charge is 2.11. The quantitative estimate of drug-likeness (QED) is 0.783. The van der Waals surface area contributed by atoms with Gasteiger partial charge in [-0.1, -0.05) is 36.4 Å². The van der Waals surface area contributed by atoms with Crippen molar-refractivity contribution in [3.63, 3.8) is 0 Å². The summed E-state index contributed by atoms with van der Waals surface area (Å²) in [7, 11) is 0. The van der Waals surface area contributed by atoms with Gasteiger partial charge in [-0.15, -0.1) is 0 Å². The van der Waals surface area contributed by atoms with Crippen molar-refractivity contribution >= 4 is 33.5 Å². The van der Waals surface area contributed by atoms with E-state index >= 15 is 0 Å². The van der Waals surface area contributed by atoms with Crippen LogP contribution < -0.4 is 5.32 Å². The maximum absolute atomic E-state index is 4.37. The SMILES string of the molecule is CCCNc1ncnc(Sc2ccc(C)cc2C)c1Br. The second-order valence-corrected chi connectivity index (χ2v) is 6.46. The molecule has 2 aromatic rings. The predicted octanol–water partition coefficient (Wildman–Crippen LogP) is 4.83. The van der Waals surface area contributed by atoms with E-state index in [-0.39, 0.29) is 0 Å². The lowest BCUT2D eigenvalue weighted by atomic mass is 10.2. The molecule has 0 radical (unpaired) electrons. The molecule has 0 bridgehead atoms. The van der Waals surface area contributed by atoms with Gasteiger partial charge in [-0.3, -0.25) is 0 Å². The Morgan fingerprint density at radius 2 is 2.05 bits per heavy atom. The molecule has 0 aliphatic heterocycles. The molecule has 2 rings (SSSR count). The number of hydrogen-bond acceptors (Lipinski definition) is 4. The average molecular weight is 352 g/mol. The second kappa shape index (κ2) is 7.09. The monoisotopic (exact) mass is 351 g/mol. The maximum atomic E-state index is 4.37. The molecule has 0 aliphatic carbocycles. The molecule has 1 N–H and O–H groups in total. The van der Waals surface area contributed by atoms with Gasteiger partial charge in [-0.05, 0) is 47.8 Å². The van der Waals surface area contributed by atoms with E-state index in [0.717, 1.165) is 28.3 Å². The van der Waals surface area contributed by atoms with Crippen LogP contribution in [0.2, 0.25) is 0 Å². The second-order valence-electron chi connectivity index (χ2n) is 4.64. The fourth-order valence-corrected chi connectivity index (χ4v) is 3.25. The molecule has 0 saturated carbocycles. The van der Waals surface area contributed by atoms with E-state index in [1.54, 1.807) is 18.1 Å². The van der Waals surface area contributed by atoms with Crippen LogP contribution in [0.15, 0.2) is 38.9 Å². The van der Waals surface area contributed by atoms with Crippen LogP contribution in [0.1, 0.15) is 24.5 Å². The molecule has 0 unspecified atom stereocenters. The van der Waals surface area contributed by atoms with Crippen molar-refractivity contribution in [1.82, 2.24) is 9.97 Å². The van der Waals surface area contributed by atoms with E-state index in [4.69, 9.17) is 0 Å². The standard InChI is InChI=1S/C15H18BrN3S/c1-4-7-17-14-13(16)15(19-9-18-14)20-12-6-5-10(2)8-11(12)3/h5-6,8-9H,4,7H2,1-3H3,(H,17,18,19). The van der Waals surface area contributed by atoms with Gasteiger partial charge in [0.05, 0.1) is 4.47 Å². The highest BCUT2D eigenvalue weighted by Crippen LogP contribution is 2.36. The van der Waals surface area contributed by atoms with Crippen LogP contribution in [0.4, 0.5) is 5.82 Å². The number of hydrogen-bond donors (Lipinski definition) is 1. The van der Waals surface area contributed by atoms with Crippen LogP contribution in [-0.4, -0.2) is 16.5 Å². The van der Waals surface area contributed by atoms with Gasteiger partial charge in [0.25, 0.3) is 0 Å². The minimum Gasteiger partial charge on any atom is -0.369 e. The molecule has 1 aromatic carbocycles. The smallest absolute Gasteiger partial charge is 0.144 e. The maximum Gasteiger partial charge on any atom is 0.144 e. The highest BCUT2D eigenvalue weighted by molar-refractivity contribution is 9.10. The number of nitrogens with one attached hydrogen (secondary N) is 1. The van der Waals surface area contributed by atoms with E-state index in [1.165, 1.54) is 16.0 Å².